The Bertz CT molecular complexity index is 900. The monoisotopic (exact) mass is 384 g/mol. The van der Waals surface area contributed by atoms with Crippen LogP contribution in [0.2, 0.25) is 0 Å². The Morgan fingerprint density at radius 2 is 1.89 bits per heavy atom. The van der Waals surface area contributed by atoms with Gasteiger partial charge in [-0.25, -0.2) is 9.37 Å². The first-order valence-electron chi connectivity index (χ1n) is 9.99. The van der Waals surface area contributed by atoms with Gasteiger partial charge in [0.25, 0.3) is 11.8 Å². The van der Waals surface area contributed by atoms with Gasteiger partial charge in [0, 0.05) is 19.6 Å². The second-order valence-electron chi connectivity index (χ2n) is 7.75. The highest BCUT2D eigenvalue weighted by Gasteiger charge is 2.31. The van der Waals surface area contributed by atoms with Gasteiger partial charge in [0.05, 0.1) is 11.4 Å². The van der Waals surface area contributed by atoms with Crippen molar-refractivity contribution in [2.75, 3.05) is 18.4 Å². The molecule has 1 N–H and O–H groups in total. The van der Waals surface area contributed by atoms with Crippen molar-refractivity contribution in [1.29, 1.82) is 0 Å². The molecule has 0 unspecified atom stereocenters. The number of nitrogens with one attached hydrogen (secondary N) is 1. The fraction of sp³-hybridized carbons (Fsp3) is 0.476. The van der Waals surface area contributed by atoms with Gasteiger partial charge >= 0.3 is 0 Å². The number of aromatic nitrogens is 2. The van der Waals surface area contributed by atoms with Gasteiger partial charge in [-0.15, -0.1) is 0 Å². The summed E-state index contributed by atoms with van der Waals surface area (Å²) in [5.74, 6) is -0.118. The number of hydrogen-bond acceptors (Lipinski definition) is 3. The van der Waals surface area contributed by atoms with E-state index < -0.39 is 11.7 Å². The Morgan fingerprint density at radius 3 is 2.64 bits per heavy atom. The summed E-state index contributed by atoms with van der Waals surface area (Å²) in [5.41, 5.74) is 1.12. The van der Waals surface area contributed by atoms with Gasteiger partial charge in [0.15, 0.2) is 11.5 Å². The van der Waals surface area contributed by atoms with Gasteiger partial charge in [-0.05, 0) is 50.2 Å². The molecule has 148 valence electrons. The molecule has 4 rings (SSSR count). The summed E-state index contributed by atoms with van der Waals surface area (Å²) in [7, 11) is 0. The van der Waals surface area contributed by atoms with E-state index >= 15 is 0 Å². The third-order valence-corrected chi connectivity index (χ3v) is 5.72. The van der Waals surface area contributed by atoms with Crippen molar-refractivity contribution in [2.24, 2.45) is 5.92 Å². The molecule has 2 amide bonds. The number of para-hydroxylation sites is 1. The van der Waals surface area contributed by atoms with E-state index in [-0.39, 0.29) is 17.3 Å². The quantitative estimate of drug-likeness (QED) is 0.881. The molecule has 0 aliphatic carbocycles. The van der Waals surface area contributed by atoms with E-state index in [2.05, 4.69) is 17.2 Å². The molecule has 2 aliphatic heterocycles. The Labute approximate surface area is 163 Å². The number of fused-ring (bicyclic) bond motifs is 1. The predicted molar refractivity (Wildman–Crippen MR) is 104 cm³/mol. The highest BCUT2D eigenvalue weighted by Crippen LogP contribution is 2.25. The molecule has 0 radical (unpaired) electrons. The van der Waals surface area contributed by atoms with Crippen LogP contribution in [-0.4, -0.2) is 39.4 Å². The maximum atomic E-state index is 13.9. The van der Waals surface area contributed by atoms with Crippen LogP contribution in [0.4, 0.5) is 10.1 Å². The molecular weight excluding hydrogens is 359 g/mol. The molecule has 1 aromatic heterocycles. The summed E-state index contributed by atoms with van der Waals surface area (Å²) in [6, 6.07) is 6.04. The van der Waals surface area contributed by atoms with Gasteiger partial charge in [0.1, 0.15) is 5.82 Å². The molecule has 0 spiro atoms. The van der Waals surface area contributed by atoms with Gasteiger partial charge in [0.2, 0.25) is 0 Å². The molecule has 7 heteroatoms. The van der Waals surface area contributed by atoms with E-state index in [4.69, 9.17) is 0 Å². The van der Waals surface area contributed by atoms with Gasteiger partial charge in [-0.2, -0.15) is 0 Å². The van der Waals surface area contributed by atoms with Crippen LogP contribution in [-0.2, 0) is 13.0 Å². The highest BCUT2D eigenvalue weighted by atomic mass is 19.1. The number of carbonyl (C=O) groups is 2. The van der Waals surface area contributed by atoms with Crippen LogP contribution in [0.25, 0.3) is 0 Å². The van der Waals surface area contributed by atoms with Crippen LogP contribution >= 0.6 is 0 Å². The zero-order chi connectivity index (χ0) is 19.7. The molecule has 1 fully saturated rings. The van der Waals surface area contributed by atoms with Gasteiger partial charge < -0.3 is 14.8 Å². The molecule has 6 nitrogen and oxygen atoms in total. The minimum atomic E-state index is -0.498. The molecular formula is C21H25FN4O2. The second kappa shape index (κ2) is 7.73. The van der Waals surface area contributed by atoms with Crippen molar-refractivity contribution in [1.82, 2.24) is 14.5 Å². The first kappa shape index (κ1) is 18.7. The Kier molecular flexibility index (Phi) is 5.15. The number of rotatable bonds is 3. The van der Waals surface area contributed by atoms with Crippen molar-refractivity contribution in [2.45, 2.75) is 45.6 Å². The van der Waals surface area contributed by atoms with E-state index in [1.165, 1.54) is 12.1 Å². The summed E-state index contributed by atoms with van der Waals surface area (Å²) < 4.78 is 15.8. The van der Waals surface area contributed by atoms with Crippen molar-refractivity contribution < 1.29 is 14.0 Å². The fourth-order valence-corrected chi connectivity index (χ4v) is 3.99. The van der Waals surface area contributed by atoms with Crippen LogP contribution in [0.3, 0.4) is 0 Å². The maximum Gasteiger partial charge on any atom is 0.289 e. The maximum absolute atomic E-state index is 13.9. The number of piperidine rings is 1. The minimum absolute atomic E-state index is 0.111. The van der Waals surface area contributed by atoms with Crippen molar-refractivity contribution in [3.05, 3.63) is 47.3 Å². The number of imidazole rings is 1. The van der Waals surface area contributed by atoms with Crippen molar-refractivity contribution in [3.63, 3.8) is 0 Å². The number of carbonyl (C=O) groups excluding carboxylic acids is 2. The van der Waals surface area contributed by atoms with E-state index in [0.717, 1.165) is 44.5 Å². The van der Waals surface area contributed by atoms with Crippen LogP contribution in [0.1, 0.15) is 59.4 Å². The lowest BCUT2D eigenvalue weighted by Crippen LogP contribution is -2.39. The average Bonchev–Trinajstić information content (AvgIpc) is 3.10. The minimum Gasteiger partial charge on any atom is -0.336 e. The molecule has 0 saturated carbocycles. The SMILES string of the molecule is CC1CCN(C(=O)c2nc(C(=O)Nc3ccccc3F)c3n2CCCC3)CC1. The van der Waals surface area contributed by atoms with Gasteiger partial charge in [-0.1, -0.05) is 19.1 Å². The lowest BCUT2D eigenvalue weighted by molar-refractivity contribution is 0.0678. The van der Waals surface area contributed by atoms with E-state index in [1.54, 1.807) is 12.1 Å². The number of anilines is 1. The van der Waals surface area contributed by atoms with Crippen LogP contribution in [0.15, 0.2) is 24.3 Å². The molecule has 2 aromatic rings. The number of amides is 2. The van der Waals surface area contributed by atoms with Crippen LogP contribution < -0.4 is 5.32 Å². The molecule has 0 bridgehead atoms. The topological polar surface area (TPSA) is 67.2 Å². The molecule has 0 atom stereocenters. The van der Waals surface area contributed by atoms with E-state index in [1.807, 2.05) is 9.47 Å². The molecule has 3 heterocycles. The van der Waals surface area contributed by atoms with Crippen molar-refractivity contribution >= 4 is 17.5 Å². The highest BCUT2D eigenvalue weighted by molar-refractivity contribution is 6.05. The zero-order valence-corrected chi connectivity index (χ0v) is 16.1. The van der Waals surface area contributed by atoms with Crippen LogP contribution in [0, 0.1) is 11.7 Å². The smallest absolute Gasteiger partial charge is 0.289 e. The Morgan fingerprint density at radius 1 is 1.14 bits per heavy atom. The standard InChI is InChI=1S/C21H25FN4O2/c1-14-9-12-25(13-10-14)21(28)19-24-18(17-8-4-5-11-26(17)19)20(27)23-16-7-3-2-6-15(16)22/h2-3,6-7,14H,4-5,8-13H2,1H3,(H,23,27). The van der Waals surface area contributed by atoms with E-state index in [0.29, 0.717) is 24.7 Å². The first-order chi connectivity index (χ1) is 13.5. The molecule has 1 aromatic carbocycles. The molecule has 28 heavy (non-hydrogen) atoms. The second-order valence-corrected chi connectivity index (χ2v) is 7.75. The third kappa shape index (κ3) is 3.53. The van der Waals surface area contributed by atoms with Gasteiger partial charge in [-0.3, -0.25) is 9.59 Å². The number of nitrogens with zero attached hydrogens (tertiary/aromatic N) is 3. The lowest BCUT2D eigenvalue weighted by atomic mass is 9.99. The summed E-state index contributed by atoms with van der Waals surface area (Å²) in [4.78, 5) is 32.2. The third-order valence-electron chi connectivity index (χ3n) is 5.72. The summed E-state index contributed by atoms with van der Waals surface area (Å²) >= 11 is 0. The molecule has 1 saturated heterocycles. The molecule has 2 aliphatic rings. The fourth-order valence-electron chi connectivity index (χ4n) is 3.99. The van der Waals surface area contributed by atoms with Crippen molar-refractivity contribution in [3.8, 4) is 0 Å². The number of halogens is 1. The van der Waals surface area contributed by atoms with Crippen LogP contribution in [0.5, 0.6) is 0 Å². The predicted octanol–water partition coefficient (Wildman–Crippen LogP) is 3.48. The Hall–Kier alpha value is -2.70. The number of benzene rings is 1. The number of hydrogen-bond donors (Lipinski definition) is 1. The normalized spacial score (nSPS) is 17.3. The Balaban J connectivity index is 1.62. The number of likely N-dealkylation sites (tertiary alicyclic amines) is 1. The lowest BCUT2D eigenvalue weighted by Gasteiger charge is -2.30. The summed E-state index contributed by atoms with van der Waals surface area (Å²) in [6.45, 7) is 4.32. The van der Waals surface area contributed by atoms with E-state index in [9.17, 15) is 14.0 Å². The average molecular weight is 384 g/mol. The zero-order valence-electron chi connectivity index (χ0n) is 16.1. The first-order valence-corrected chi connectivity index (χ1v) is 9.99. The summed E-state index contributed by atoms with van der Waals surface area (Å²) in [5, 5.41) is 2.60. The summed E-state index contributed by atoms with van der Waals surface area (Å²) in [6.07, 6.45) is 4.56. The largest absolute Gasteiger partial charge is 0.336 e.